The summed E-state index contributed by atoms with van der Waals surface area (Å²) in [5.41, 5.74) is 0.778. The molecule has 0 aromatic heterocycles. The molecule has 1 aromatic rings. The van der Waals surface area contributed by atoms with Gasteiger partial charge < -0.3 is 9.64 Å². The van der Waals surface area contributed by atoms with E-state index in [9.17, 15) is 4.79 Å². The maximum Gasteiger partial charge on any atom is 0.165 e. The number of hydrogen-bond acceptors (Lipinski definition) is 3. The van der Waals surface area contributed by atoms with E-state index in [2.05, 4.69) is 20.8 Å². The van der Waals surface area contributed by atoms with Crippen molar-refractivity contribution in [1.29, 1.82) is 0 Å². The van der Waals surface area contributed by atoms with E-state index in [0.717, 1.165) is 36.1 Å². The Morgan fingerprint density at radius 3 is 2.94 bits per heavy atom. The molecule has 1 unspecified atom stereocenters. The van der Waals surface area contributed by atoms with Crippen LogP contribution in [0.25, 0.3) is 0 Å². The molecular formula is C14H18BrNO2. The van der Waals surface area contributed by atoms with Gasteiger partial charge in [0.15, 0.2) is 5.78 Å². The zero-order valence-corrected chi connectivity index (χ0v) is 12.1. The van der Waals surface area contributed by atoms with Gasteiger partial charge >= 0.3 is 0 Å². The summed E-state index contributed by atoms with van der Waals surface area (Å²) in [6.45, 7) is 2.79. The summed E-state index contributed by atoms with van der Waals surface area (Å²) < 4.78 is 6.20. The lowest BCUT2D eigenvalue weighted by atomic mass is 10.1. The van der Waals surface area contributed by atoms with E-state index in [0.29, 0.717) is 12.5 Å². The van der Waals surface area contributed by atoms with E-state index in [1.807, 2.05) is 24.3 Å². The minimum atomic E-state index is 0.198. The quantitative estimate of drug-likeness (QED) is 0.783. The number of benzene rings is 1. The molecule has 18 heavy (non-hydrogen) atoms. The zero-order valence-electron chi connectivity index (χ0n) is 10.6. The second-order valence-electron chi connectivity index (χ2n) is 4.60. The molecule has 4 heteroatoms. The standard InChI is InChI=1S/C14H18BrNO2/c1-18-11-6-8-16(10-11)9-7-14(17)12-4-2-3-5-13(12)15/h2-5,11H,6-10H2,1H3. The summed E-state index contributed by atoms with van der Waals surface area (Å²) in [6.07, 6.45) is 1.97. The molecule has 1 heterocycles. The van der Waals surface area contributed by atoms with Crippen molar-refractivity contribution < 1.29 is 9.53 Å². The van der Waals surface area contributed by atoms with E-state index in [1.165, 1.54) is 0 Å². The number of Topliss-reactive ketones (excluding diaryl/α,β-unsaturated/α-hetero) is 1. The molecular weight excluding hydrogens is 294 g/mol. The molecule has 0 spiro atoms. The number of rotatable bonds is 5. The molecule has 0 bridgehead atoms. The topological polar surface area (TPSA) is 29.5 Å². The monoisotopic (exact) mass is 311 g/mol. The van der Waals surface area contributed by atoms with Crippen LogP contribution in [0.4, 0.5) is 0 Å². The van der Waals surface area contributed by atoms with Gasteiger partial charge in [-0.15, -0.1) is 0 Å². The number of nitrogens with zero attached hydrogens (tertiary/aromatic N) is 1. The second-order valence-corrected chi connectivity index (χ2v) is 5.45. The third-order valence-electron chi connectivity index (χ3n) is 3.39. The van der Waals surface area contributed by atoms with Gasteiger partial charge in [0.05, 0.1) is 6.10 Å². The first-order valence-electron chi connectivity index (χ1n) is 6.23. The van der Waals surface area contributed by atoms with Crippen molar-refractivity contribution in [1.82, 2.24) is 4.90 Å². The Hall–Kier alpha value is -0.710. The van der Waals surface area contributed by atoms with Crippen LogP contribution >= 0.6 is 15.9 Å². The number of methoxy groups -OCH3 is 1. The molecule has 3 nitrogen and oxygen atoms in total. The number of likely N-dealkylation sites (tertiary alicyclic amines) is 1. The van der Waals surface area contributed by atoms with Crippen molar-refractivity contribution in [2.75, 3.05) is 26.7 Å². The summed E-state index contributed by atoms with van der Waals surface area (Å²) in [6, 6.07) is 7.59. The molecule has 1 aromatic carbocycles. The third kappa shape index (κ3) is 3.40. The summed E-state index contributed by atoms with van der Waals surface area (Å²) >= 11 is 3.42. The molecule has 2 rings (SSSR count). The fraction of sp³-hybridized carbons (Fsp3) is 0.500. The summed E-state index contributed by atoms with van der Waals surface area (Å²) in [7, 11) is 1.75. The number of hydrogen-bond donors (Lipinski definition) is 0. The zero-order chi connectivity index (χ0) is 13.0. The lowest BCUT2D eigenvalue weighted by molar-refractivity contribution is 0.0943. The first-order valence-corrected chi connectivity index (χ1v) is 7.03. The van der Waals surface area contributed by atoms with Crippen LogP contribution in [-0.4, -0.2) is 43.5 Å². The Labute approximate surface area is 116 Å². The Kier molecular flexibility index (Phi) is 4.92. The van der Waals surface area contributed by atoms with Crippen molar-refractivity contribution in [2.24, 2.45) is 0 Å². The highest BCUT2D eigenvalue weighted by Crippen LogP contribution is 2.18. The van der Waals surface area contributed by atoms with Crippen LogP contribution in [0, 0.1) is 0 Å². The molecule has 0 N–H and O–H groups in total. The van der Waals surface area contributed by atoms with Gasteiger partial charge in [0.2, 0.25) is 0 Å². The summed E-state index contributed by atoms with van der Waals surface area (Å²) in [5, 5.41) is 0. The number of ketones is 1. The van der Waals surface area contributed by atoms with Gasteiger partial charge in [-0.2, -0.15) is 0 Å². The van der Waals surface area contributed by atoms with Crippen LogP contribution in [0.2, 0.25) is 0 Å². The Bertz CT molecular complexity index is 422. The third-order valence-corrected chi connectivity index (χ3v) is 4.08. The van der Waals surface area contributed by atoms with Gasteiger partial charge in [0.1, 0.15) is 0 Å². The van der Waals surface area contributed by atoms with Crippen molar-refractivity contribution in [3.63, 3.8) is 0 Å². The Balaban J connectivity index is 1.84. The molecule has 0 amide bonds. The maximum atomic E-state index is 12.1. The van der Waals surface area contributed by atoms with Crippen LogP contribution < -0.4 is 0 Å². The highest BCUT2D eigenvalue weighted by molar-refractivity contribution is 9.10. The van der Waals surface area contributed by atoms with Crippen molar-refractivity contribution in [2.45, 2.75) is 18.9 Å². The molecule has 0 radical (unpaired) electrons. The fourth-order valence-electron chi connectivity index (χ4n) is 2.27. The molecule has 1 aliphatic rings. The Morgan fingerprint density at radius 1 is 1.50 bits per heavy atom. The minimum absolute atomic E-state index is 0.198. The van der Waals surface area contributed by atoms with Gasteiger partial charge in [-0.1, -0.05) is 34.1 Å². The van der Waals surface area contributed by atoms with Crippen molar-refractivity contribution >= 4 is 21.7 Å². The van der Waals surface area contributed by atoms with Crippen LogP contribution in [0.3, 0.4) is 0 Å². The summed E-state index contributed by atoms with van der Waals surface area (Å²) in [5.74, 6) is 0.198. The van der Waals surface area contributed by atoms with Crippen LogP contribution in [0.5, 0.6) is 0 Å². The van der Waals surface area contributed by atoms with Crippen LogP contribution in [0.15, 0.2) is 28.7 Å². The highest BCUT2D eigenvalue weighted by atomic mass is 79.9. The predicted octanol–water partition coefficient (Wildman–Crippen LogP) is 2.74. The number of halogens is 1. The van der Waals surface area contributed by atoms with E-state index < -0.39 is 0 Å². The van der Waals surface area contributed by atoms with Crippen LogP contribution in [-0.2, 0) is 4.74 Å². The molecule has 1 saturated heterocycles. The van der Waals surface area contributed by atoms with Gasteiger partial charge in [0, 0.05) is 43.2 Å². The molecule has 0 aliphatic carbocycles. The van der Waals surface area contributed by atoms with E-state index >= 15 is 0 Å². The summed E-state index contributed by atoms with van der Waals surface area (Å²) in [4.78, 5) is 14.4. The molecule has 98 valence electrons. The molecule has 0 saturated carbocycles. The van der Waals surface area contributed by atoms with E-state index in [-0.39, 0.29) is 5.78 Å². The smallest absolute Gasteiger partial charge is 0.165 e. The second kappa shape index (κ2) is 6.45. The normalized spacial score (nSPS) is 20.2. The predicted molar refractivity (Wildman–Crippen MR) is 74.9 cm³/mol. The number of ether oxygens (including phenoxy) is 1. The number of carbonyl (C=O) groups is 1. The van der Waals surface area contributed by atoms with E-state index in [4.69, 9.17) is 4.74 Å². The van der Waals surface area contributed by atoms with Gasteiger partial charge in [-0.3, -0.25) is 4.79 Å². The van der Waals surface area contributed by atoms with Gasteiger partial charge in [-0.25, -0.2) is 0 Å². The molecule has 1 fully saturated rings. The van der Waals surface area contributed by atoms with Crippen molar-refractivity contribution in [3.8, 4) is 0 Å². The minimum Gasteiger partial charge on any atom is -0.380 e. The maximum absolute atomic E-state index is 12.1. The first-order chi connectivity index (χ1) is 8.70. The number of carbonyl (C=O) groups excluding carboxylic acids is 1. The van der Waals surface area contributed by atoms with Gasteiger partial charge in [0.25, 0.3) is 0 Å². The average molecular weight is 312 g/mol. The molecule has 1 atom stereocenters. The van der Waals surface area contributed by atoms with Crippen LogP contribution in [0.1, 0.15) is 23.2 Å². The van der Waals surface area contributed by atoms with Gasteiger partial charge in [-0.05, 0) is 12.5 Å². The lowest BCUT2D eigenvalue weighted by Gasteiger charge is -2.15. The first kappa shape index (κ1) is 13.7. The van der Waals surface area contributed by atoms with E-state index in [1.54, 1.807) is 7.11 Å². The van der Waals surface area contributed by atoms with Crippen molar-refractivity contribution in [3.05, 3.63) is 34.3 Å². The highest BCUT2D eigenvalue weighted by Gasteiger charge is 2.22. The Morgan fingerprint density at radius 2 is 2.28 bits per heavy atom. The average Bonchev–Trinajstić information content (AvgIpc) is 2.84. The fourth-order valence-corrected chi connectivity index (χ4v) is 2.78. The lowest BCUT2D eigenvalue weighted by Crippen LogP contribution is -2.25. The molecule has 1 aliphatic heterocycles. The SMILES string of the molecule is COC1CCN(CCC(=O)c2ccccc2Br)C1. The largest absolute Gasteiger partial charge is 0.380 e.